The van der Waals surface area contributed by atoms with Crippen LogP contribution in [-0.2, 0) is 15.8 Å². The molecule has 0 saturated carbocycles. The van der Waals surface area contributed by atoms with Crippen molar-refractivity contribution in [1.82, 2.24) is 4.90 Å². The Morgan fingerprint density at radius 3 is 2.09 bits per heavy atom. The number of carboxylic acid groups (broad SMARTS) is 2. The molecule has 4 unspecified atom stereocenters. The van der Waals surface area contributed by atoms with E-state index in [0.717, 1.165) is 29.2 Å². The second kappa shape index (κ2) is 8.88. The van der Waals surface area contributed by atoms with Crippen molar-refractivity contribution in [1.29, 1.82) is 0 Å². The van der Waals surface area contributed by atoms with E-state index in [2.05, 4.69) is 0 Å². The summed E-state index contributed by atoms with van der Waals surface area (Å²) >= 11 is 0. The zero-order valence-corrected chi connectivity index (χ0v) is 18.0. The van der Waals surface area contributed by atoms with Gasteiger partial charge < -0.3 is 15.1 Å². The van der Waals surface area contributed by atoms with Crippen molar-refractivity contribution in [2.45, 2.75) is 44.4 Å². The SMILES string of the molecule is CCC(C)C1(C(=O)O)CC(C(=O)O)C(c2ccccc2)N1C(=O)c1ccc(C(F)(F)F)cc1. The molecule has 0 aliphatic carbocycles. The van der Waals surface area contributed by atoms with E-state index < -0.39 is 53.0 Å². The quantitative estimate of drug-likeness (QED) is 0.638. The third kappa shape index (κ3) is 4.19. The first kappa shape index (κ1) is 24.3. The van der Waals surface area contributed by atoms with Crippen LogP contribution in [0.25, 0.3) is 0 Å². The van der Waals surface area contributed by atoms with Crippen molar-refractivity contribution >= 4 is 17.8 Å². The van der Waals surface area contributed by atoms with Crippen LogP contribution >= 0.6 is 0 Å². The molecular weight excluding hydrogens is 439 g/mol. The number of aliphatic carboxylic acids is 2. The lowest BCUT2D eigenvalue weighted by Crippen LogP contribution is -2.57. The Bertz CT molecular complexity index is 1040. The normalized spacial score (nSPS) is 23.8. The summed E-state index contributed by atoms with van der Waals surface area (Å²) in [5, 5.41) is 20.3. The molecule has 0 spiro atoms. The van der Waals surface area contributed by atoms with E-state index in [1.165, 1.54) is 0 Å². The predicted octanol–water partition coefficient (Wildman–Crippen LogP) is 4.86. The van der Waals surface area contributed by atoms with Crippen LogP contribution in [0, 0.1) is 11.8 Å². The highest BCUT2D eigenvalue weighted by atomic mass is 19.4. The largest absolute Gasteiger partial charge is 0.481 e. The minimum Gasteiger partial charge on any atom is -0.481 e. The molecule has 1 saturated heterocycles. The number of rotatable bonds is 6. The zero-order chi connectivity index (χ0) is 24.6. The summed E-state index contributed by atoms with van der Waals surface area (Å²) in [5.41, 5.74) is -2.51. The van der Waals surface area contributed by atoms with Gasteiger partial charge in [0.15, 0.2) is 0 Å². The van der Waals surface area contributed by atoms with Crippen LogP contribution < -0.4 is 0 Å². The molecule has 1 amide bonds. The second-order valence-corrected chi connectivity index (χ2v) is 8.29. The van der Waals surface area contributed by atoms with Crippen LogP contribution in [0.2, 0.25) is 0 Å². The third-order valence-electron chi connectivity index (χ3n) is 6.55. The molecule has 0 aromatic heterocycles. The van der Waals surface area contributed by atoms with Gasteiger partial charge in [0.05, 0.1) is 17.5 Å². The number of carboxylic acids is 2. The predicted molar refractivity (Wildman–Crippen MR) is 112 cm³/mol. The molecule has 1 aliphatic heterocycles. The van der Waals surface area contributed by atoms with Gasteiger partial charge in [-0.3, -0.25) is 9.59 Å². The van der Waals surface area contributed by atoms with E-state index in [9.17, 15) is 37.8 Å². The van der Waals surface area contributed by atoms with Crippen molar-refractivity contribution in [3.63, 3.8) is 0 Å². The van der Waals surface area contributed by atoms with Crippen LogP contribution in [0.5, 0.6) is 0 Å². The van der Waals surface area contributed by atoms with Gasteiger partial charge in [0.1, 0.15) is 5.54 Å². The van der Waals surface area contributed by atoms with Crippen LogP contribution in [-0.4, -0.2) is 38.5 Å². The maximum absolute atomic E-state index is 13.7. The molecule has 33 heavy (non-hydrogen) atoms. The van der Waals surface area contributed by atoms with Gasteiger partial charge >= 0.3 is 18.1 Å². The molecule has 6 nitrogen and oxygen atoms in total. The molecule has 3 rings (SSSR count). The fraction of sp³-hybridized carbons (Fsp3) is 0.375. The van der Waals surface area contributed by atoms with Gasteiger partial charge in [-0.05, 0) is 42.2 Å². The minimum absolute atomic E-state index is 0.149. The molecule has 1 aliphatic rings. The molecule has 9 heteroatoms. The standard InChI is InChI=1S/C24H24F3NO5/c1-3-14(2)23(22(32)33)13-18(21(30)31)19(15-7-5-4-6-8-15)28(23)20(29)16-9-11-17(12-10-16)24(25,26)27/h4-12,14,18-19H,3,13H2,1-2H3,(H,30,31)(H,32,33). The summed E-state index contributed by atoms with van der Waals surface area (Å²) in [4.78, 5) is 39.6. The van der Waals surface area contributed by atoms with Gasteiger partial charge in [0, 0.05) is 5.56 Å². The maximum Gasteiger partial charge on any atom is 0.416 e. The summed E-state index contributed by atoms with van der Waals surface area (Å²) < 4.78 is 39.0. The van der Waals surface area contributed by atoms with Crippen molar-refractivity contribution in [3.05, 3.63) is 71.3 Å². The Labute approximate surface area is 188 Å². The second-order valence-electron chi connectivity index (χ2n) is 8.29. The molecule has 1 fully saturated rings. The molecule has 0 bridgehead atoms. The number of hydrogen-bond acceptors (Lipinski definition) is 3. The summed E-state index contributed by atoms with van der Waals surface area (Å²) in [5.74, 6) is -5.26. The van der Waals surface area contributed by atoms with E-state index in [1.54, 1.807) is 44.2 Å². The van der Waals surface area contributed by atoms with Gasteiger partial charge in [0.25, 0.3) is 5.91 Å². The summed E-state index contributed by atoms with van der Waals surface area (Å²) in [6.45, 7) is 3.37. The Kier molecular flexibility index (Phi) is 6.53. The number of benzene rings is 2. The number of nitrogens with zero attached hydrogens (tertiary/aromatic N) is 1. The lowest BCUT2D eigenvalue weighted by atomic mass is 9.79. The van der Waals surface area contributed by atoms with E-state index in [0.29, 0.717) is 12.0 Å². The van der Waals surface area contributed by atoms with Crippen molar-refractivity contribution in [2.24, 2.45) is 11.8 Å². The van der Waals surface area contributed by atoms with E-state index in [4.69, 9.17) is 0 Å². The Morgan fingerprint density at radius 2 is 1.64 bits per heavy atom. The van der Waals surface area contributed by atoms with Gasteiger partial charge in [0.2, 0.25) is 0 Å². The molecule has 1 heterocycles. The van der Waals surface area contributed by atoms with Crippen LogP contribution in [0.4, 0.5) is 13.2 Å². The average molecular weight is 463 g/mol. The summed E-state index contributed by atoms with van der Waals surface area (Å²) in [6.07, 6.45) is -4.58. The lowest BCUT2D eigenvalue weighted by Gasteiger charge is -2.42. The molecule has 0 radical (unpaired) electrons. The molecule has 2 N–H and O–H groups in total. The van der Waals surface area contributed by atoms with Crippen LogP contribution in [0.1, 0.15) is 54.2 Å². The fourth-order valence-corrected chi connectivity index (χ4v) is 4.65. The maximum atomic E-state index is 13.7. The molecular formula is C24H24F3NO5. The number of alkyl halides is 3. The Hall–Kier alpha value is -3.36. The number of likely N-dealkylation sites (tertiary alicyclic amines) is 1. The van der Waals surface area contributed by atoms with Gasteiger partial charge in [-0.25, -0.2) is 4.79 Å². The smallest absolute Gasteiger partial charge is 0.416 e. The van der Waals surface area contributed by atoms with E-state index >= 15 is 0 Å². The first-order chi connectivity index (χ1) is 15.4. The number of carbonyl (C=O) groups excluding carboxylic acids is 1. The van der Waals surface area contributed by atoms with Crippen molar-refractivity contribution in [3.8, 4) is 0 Å². The number of amides is 1. The summed E-state index contributed by atoms with van der Waals surface area (Å²) in [6, 6.07) is 10.6. The first-order valence-electron chi connectivity index (χ1n) is 10.5. The average Bonchev–Trinajstić information content (AvgIpc) is 3.16. The topological polar surface area (TPSA) is 94.9 Å². The van der Waals surface area contributed by atoms with Gasteiger partial charge in [-0.1, -0.05) is 50.6 Å². The lowest BCUT2D eigenvalue weighted by molar-refractivity contribution is -0.152. The van der Waals surface area contributed by atoms with Crippen molar-refractivity contribution < 1.29 is 37.8 Å². The number of hydrogen-bond donors (Lipinski definition) is 2. The molecule has 2 aromatic rings. The molecule has 2 aromatic carbocycles. The van der Waals surface area contributed by atoms with Crippen LogP contribution in [0.15, 0.2) is 54.6 Å². The Morgan fingerprint density at radius 1 is 1.06 bits per heavy atom. The monoisotopic (exact) mass is 463 g/mol. The highest BCUT2D eigenvalue weighted by Gasteiger charge is 2.62. The first-order valence-corrected chi connectivity index (χ1v) is 10.5. The Balaban J connectivity index is 2.22. The van der Waals surface area contributed by atoms with Crippen molar-refractivity contribution in [2.75, 3.05) is 0 Å². The fourth-order valence-electron chi connectivity index (χ4n) is 4.65. The minimum atomic E-state index is -4.60. The number of carbonyl (C=O) groups is 3. The highest BCUT2D eigenvalue weighted by Crippen LogP contribution is 2.51. The zero-order valence-electron chi connectivity index (χ0n) is 18.0. The number of halogens is 3. The van der Waals surface area contributed by atoms with E-state index in [-0.39, 0.29) is 12.0 Å². The molecule has 176 valence electrons. The van der Waals surface area contributed by atoms with Gasteiger partial charge in [-0.15, -0.1) is 0 Å². The van der Waals surface area contributed by atoms with Crippen LogP contribution in [0.3, 0.4) is 0 Å². The molecule has 4 atom stereocenters. The third-order valence-corrected chi connectivity index (χ3v) is 6.55. The summed E-state index contributed by atoms with van der Waals surface area (Å²) in [7, 11) is 0. The van der Waals surface area contributed by atoms with E-state index in [1.807, 2.05) is 0 Å². The van der Waals surface area contributed by atoms with Gasteiger partial charge in [-0.2, -0.15) is 13.2 Å². The highest BCUT2D eigenvalue weighted by molar-refractivity contribution is 6.00.